The third-order valence-electron chi connectivity index (χ3n) is 5.58. The number of benzene rings is 1. The first kappa shape index (κ1) is 23.4. The number of furan rings is 1. The number of halogens is 1. The summed E-state index contributed by atoms with van der Waals surface area (Å²) in [4.78, 5) is 27.0. The van der Waals surface area contributed by atoms with Crippen LogP contribution in [0.3, 0.4) is 0 Å². The van der Waals surface area contributed by atoms with Gasteiger partial charge < -0.3 is 19.2 Å². The fourth-order valence-corrected chi connectivity index (χ4v) is 5.11. The molecule has 0 saturated heterocycles. The highest BCUT2D eigenvalue weighted by atomic mass is 35.5. The normalized spacial score (nSPS) is 13.8. The molecule has 0 spiro atoms. The minimum Gasteiger partial charge on any atom is -0.484 e. The number of amides is 1. The Morgan fingerprint density at radius 1 is 1.18 bits per heavy atom. The number of esters is 1. The average Bonchev–Trinajstić information content (AvgIpc) is 3.43. The van der Waals surface area contributed by atoms with Gasteiger partial charge in [-0.2, -0.15) is 0 Å². The van der Waals surface area contributed by atoms with Crippen LogP contribution in [0.1, 0.15) is 70.2 Å². The molecule has 33 heavy (non-hydrogen) atoms. The highest BCUT2D eigenvalue weighted by molar-refractivity contribution is 7.17. The SMILES string of the molecule is CCC(C)OC(=O)c1c(NC(=O)c2ccc(COc3ccccc3Cl)o2)sc2c1CCCC2. The van der Waals surface area contributed by atoms with Crippen LogP contribution in [0, 0.1) is 0 Å². The van der Waals surface area contributed by atoms with Crippen molar-refractivity contribution in [2.24, 2.45) is 0 Å². The number of hydrogen-bond donors (Lipinski definition) is 1. The smallest absolute Gasteiger partial charge is 0.341 e. The Morgan fingerprint density at radius 3 is 2.76 bits per heavy atom. The Hall–Kier alpha value is -2.77. The highest BCUT2D eigenvalue weighted by Gasteiger charge is 2.28. The number of rotatable bonds is 8. The summed E-state index contributed by atoms with van der Waals surface area (Å²) in [5.74, 6) is 0.361. The second-order valence-electron chi connectivity index (χ2n) is 7.98. The van der Waals surface area contributed by atoms with Gasteiger partial charge in [0, 0.05) is 4.88 Å². The molecule has 1 aliphatic rings. The zero-order chi connectivity index (χ0) is 23.4. The van der Waals surface area contributed by atoms with Crippen LogP contribution in [0.15, 0.2) is 40.8 Å². The first-order valence-corrected chi connectivity index (χ1v) is 12.3. The number of carbonyl (C=O) groups is 2. The van der Waals surface area contributed by atoms with Gasteiger partial charge in [-0.05, 0) is 68.9 Å². The summed E-state index contributed by atoms with van der Waals surface area (Å²) in [7, 11) is 0. The Labute approximate surface area is 201 Å². The first-order chi connectivity index (χ1) is 16.0. The van der Waals surface area contributed by atoms with Crippen molar-refractivity contribution in [1.82, 2.24) is 0 Å². The maximum Gasteiger partial charge on any atom is 0.341 e. The Morgan fingerprint density at radius 2 is 1.97 bits per heavy atom. The van der Waals surface area contributed by atoms with Gasteiger partial charge in [-0.3, -0.25) is 4.79 Å². The van der Waals surface area contributed by atoms with Gasteiger partial charge in [0.25, 0.3) is 5.91 Å². The number of thiophene rings is 1. The van der Waals surface area contributed by atoms with Crippen molar-refractivity contribution in [3.63, 3.8) is 0 Å². The molecular weight excluding hydrogens is 462 g/mol. The number of hydrogen-bond acceptors (Lipinski definition) is 6. The number of carbonyl (C=O) groups excluding carboxylic acids is 2. The van der Waals surface area contributed by atoms with Crippen molar-refractivity contribution in [2.75, 3.05) is 5.32 Å². The fourth-order valence-electron chi connectivity index (χ4n) is 3.65. The summed E-state index contributed by atoms with van der Waals surface area (Å²) in [6.45, 7) is 3.97. The molecule has 0 bridgehead atoms. The largest absolute Gasteiger partial charge is 0.484 e. The van der Waals surface area contributed by atoms with E-state index in [0.29, 0.717) is 27.1 Å². The Kier molecular flexibility index (Phi) is 7.40. The lowest BCUT2D eigenvalue weighted by Gasteiger charge is -2.15. The predicted molar refractivity (Wildman–Crippen MR) is 129 cm³/mol. The van der Waals surface area contributed by atoms with E-state index >= 15 is 0 Å². The number of fused-ring (bicyclic) bond motifs is 1. The van der Waals surface area contributed by atoms with E-state index < -0.39 is 5.91 Å². The number of para-hydroxylation sites is 1. The lowest BCUT2D eigenvalue weighted by Crippen LogP contribution is -2.18. The van der Waals surface area contributed by atoms with Gasteiger partial charge in [0.1, 0.15) is 23.1 Å². The van der Waals surface area contributed by atoms with E-state index in [9.17, 15) is 9.59 Å². The lowest BCUT2D eigenvalue weighted by molar-refractivity contribution is 0.0335. The number of aryl methyl sites for hydroxylation is 1. The van der Waals surface area contributed by atoms with Gasteiger partial charge in [-0.15, -0.1) is 11.3 Å². The molecule has 2 aromatic heterocycles. The molecular formula is C25H26ClNO5S. The van der Waals surface area contributed by atoms with Crippen molar-refractivity contribution >= 4 is 39.8 Å². The molecule has 2 heterocycles. The molecule has 1 atom stereocenters. The Balaban J connectivity index is 1.49. The minimum absolute atomic E-state index is 0.136. The molecule has 1 N–H and O–H groups in total. The van der Waals surface area contributed by atoms with Crippen LogP contribution >= 0.6 is 22.9 Å². The van der Waals surface area contributed by atoms with Gasteiger partial charge in [-0.25, -0.2) is 4.79 Å². The fraction of sp³-hybridized carbons (Fsp3) is 0.360. The summed E-state index contributed by atoms with van der Waals surface area (Å²) in [5, 5.41) is 3.89. The topological polar surface area (TPSA) is 77.8 Å². The third-order valence-corrected chi connectivity index (χ3v) is 7.10. The number of nitrogens with one attached hydrogen (secondary N) is 1. The van der Waals surface area contributed by atoms with E-state index in [-0.39, 0.29) is 24.4 Å². The summed E-state index contributed by atoms with van der Waals surface area (Å²) in [6.07, 6.45) is 4.36. The quantitative estimate of drug-likeness (QED) is 0.359. The van der Waals surface area contributed by atoms with Crippen molar-refractivity contribution in [3.05, 3.63) is 68.9 Å². The van der Waals surface area contributed by atoms with Crippen LogP contribution in [0.5, 0.6) is 5.75 Å². The van der Waals surface area contributed by atoms with E-state index in [1.54, 1.807) is 24.3 Å². The van der Waals surface area contributed by atoms with Crippen molar-refractivity contribution in [1.29, 1.82) is 0 Å². The molecule has 3 aromatic rings. The third kappa shape index (κ3) is 5.42. The average molecular weight is 488 g/mol. The molecule has 8 heteroatoms. The summed E-state index contributed by atoms with van der Waals surface area (Å²) in [6, 6.07) is 10.4. The standard InChI is InChI=1S/C25H26ClNO5S/c1-3-15(2)31-25(29)22-17-8-4-7-11-21(17)33-24(22)27-23(28)20-13-12-16(32-20)14-30-19-10-6-5-9-18(19)26/h5-6,9-10,12-13,15H,3-4,7-8,11,14H2,1-2H3,(H,27,28). The van der Waals surface area contributed by atoms with E-state index in [1.165, 1.54) is 11.3 Å². The molecule has 1 aliphatic carbocycles. The monoisotopic (exact) mass is 487 g/mol. The van der Waals surface area contributed by atoms with Crippen molar-refractivity contribution in [2.45, 2.75) is 58.7 Å². The molecule has 6 nitrogen and oxygen atoms in total. The van der Waals surface area contributed by atoms with Crippen LogP contribution in [0.25, 0.3) is 0 Å². The van der Waals surface area contributed by atoms with Gasteiger partial charge in [0.2, 0.25) is 0 Å². The molecule has 0 radical (unpaired) electrons. The maximum atomic E-state index is 12.9. The molecule has 174 valence electrons. The van der Waals surface area contributed by atoms with Crippen LogP contribution in [-0.2, 0) is 24.2 Å². The Bertz CT molecular complexity index is 1150. The van der Waals surface area contributed by atoms with Crippen LogP contribution in [-0.4, -0.2) is 18.0 Å². The number of anilines is 1. The van der Waals surface area contributed by atoms with Crippen molar-refractivity contribution in [3.8, 4) is 5.75 Å². The van der Waals surface area contributed by atoms with E-state index in [2.05, 4.69) is 5.32 Å². The van der Waals surface area contributed by atoms with E-state index in [0.717, 1.165) is 42.5 Å². The molecule has 0 aliphatic heterocycles. The summed E-state index contributed by atoms with van der Waals surface area (Å²) < 4.78 is 16.9. The van der Waals surface area contributed by atoms with Gasteiger partial charge in [0.15, 0.2) is 5.76 Å². The van der Waals surface area contributed by atoms with Gasteiger partial charge >= 0.3 is 5.97 Å². The molecule has 1 unspecified atom stereocenters. The zero-order valence-corrected chi connectivity index (χ0v) is 20.2. The summed E-state index contributed by atoms with van der Waals surface area (Å²) >= 11 is 7.55. The first-order valence-electron chi connectivity index (χ1n) is 11.1. The van der Waals surface area contributed by atoms with Crippen LogP contribution in [0.4, 0.5) is 5.00 Å². The van der Waals surface area contributed by atoms with Gasteiger partial charge in [0.05, 0.1) is 16.7 Å². The second-order valence-corrected chi connectivity index (χ2v) is 9.49. The maximum absolute atomic E-state index is 12.9. The van der Waals surface area contributed by atoms with Crippen LogP contribution in [0.2, 0.25) is 5.02 Å². The molecule has 0 saturated carbocycles. The van der Waals surface area contributed by atoms with E-state index in [4.69, 9.17) is 25.5 Å². The molecule has 0 fully saturated rings. The summed E-state index contributed by atoms with van der Waals surface area (Å²) in [5.41, 5.74) is 1.49. The number of ether oxygens (including phenoxy) is 2. The predicted octanol–water partition coefficient (Wildman–Crippen LogP) is 6.66. The minimum atomic E-state index is -0.421. The van der Waals surface area contributed by atoms with E-state index in [1.807, 2.05) is 26.0 Å². The van der Waals surface area contributed by atoms with Crippen molar-refractivity contribution < 1.29 is 23.5 Å². The second kappa shape index (κ2) is 10.4. The molecule has 1 amide bonds. The lowest BCUT2D eigenvalue weighted by atomic mass is 9.95. The van der Waals surface area contributed by atoms with Gasteiger partial charge in [-0.1, -0.05) is 30.7 Å². The molecule has 4 rings (SSSR count). The highest BCUT2D eigenvalue weighted by Crippen LogP contribution is 2.39. The van der Waals surface area contributed by atoms with Crippen LogP contribution < -0.4 is 10.1 Å². The zero-order valence-electron chi connectivity index (χ0n) is 18.6. The molecule has 1 aromatic carbocycles.